The molecule has 0 rings (SSSR count). The normalized spacial score (nSPS) is 14.9. The number of carbonyl (C=O) groups excluding carboxylic acids is 1. The summed E-state index contributed by atoms with van der Waals surface area (Å²) in [5, 5.41) is 0.408. The van der Waals surface area contributed by atoms with Gasteiger partial charge in [-0.3, -0.25) is 4.79 Å². The van der Waals surface area contributed by atoms with Gasteiger partial charge in [0.25, 0.3) is 0 Å². The van der Waals surface area contributed by atoms with Crippen molar-refractivity contribution in [2.24, 2.45) is 10.8 Å². The van der Waals surface area contributed by atoms with Gasteiger partial charge < -0.3 is 4.90 Å². The van der Waals surface area contributed by atoms with Gasteiger partial charge in [0.15, 0.2) is 0 Å². The van der Waals surface area contributed by atoms with E-state index in [2.05, 4.69) is 39.8 Å². The maximum atomic E-state index is 12.1. The van der Waals surface area contributed by atoms with Crippen molar-refractivity contribution in [3.63, 3.8) is 0 Å². The van der Waals surface area contributed by atoms with Gasteiger partial charge in [-0.1, -0.05) is 41.5 Å². The lowest BCUT2D eigenvalue weighted by Gasteiger charge is -2.27. The zero-order valence-electron chi connectivity index (χ0n) is 13.5. The van der Waals surface area contributed by atoms with Gasteiger partial charge in [0.05, 0.1) is 0 Å². The number of hydrogen-bond donors (Lipinski definition) is 0. The summed E-state index contributed by atoms with van der Waals surface area (Å²) >= 11 is 1.94. The topological polar surface area (TPSA) is 20.3 Å². The Labute approximate surface area is 118 Å². The molecule has 0 saturated carbocycles. The third-order valence-electron chi connectivity index (χ3n) is 2.57. The second-order valence-electron chi connectivity index (χ2n) is 7.63. The highest BCUT2D eigenvalue weighted by Gasteiger charge is 2.26. The highest BCUT2D eigenvalue weighted by atomic mass is 32.2. The van der Waals surface area contributed by atoms with Crippen LogP contribution in [0.3, 0.4) is 0 Å². The monoisotopic (exact) mass is 273 g/mol. The Morgan fingerprint density at radius 3 is 1.94 bits per heavy atom. The van der Waals surface area contributed by atoms with Crippen LogP contribution in [0.5, 0.6) is 0 Å². The van der Waals surface area contributed by atoms with Crippen molar-refractivity contribution in [2.45, 2.75) is 53.2 Å². The number of ketones is 1. The van der Waals surface area contributed by atoms with Gasteiger partial charge in [-0.25, -0.2) is 0 Å². The van der Waals surface area contributed by atoms with Gasteiger partial charge >= 0.3 is 0 Å². The zero-order chi connectivity index (χ0) is 14.6. The molecule has 0 heterocycles. The molecule has 3 heteroatoms. The molecule has 0 aliphatic rings. The molecule has 0 aromatic rings. The molecule has 0 amide bonds. The van der Waals surface area contributed by atoms with Crippen molar-refractivity contribution in [1.29, 1.82) is 0 Å². The van der Waals surface area contributed by atoms with Gasteiger partial charge in [0.1, 0.15) is 5.78 Å². The van der Waals surface area contributed by atoms with Crippen molar-refractivity contribution in [3.8, 4) is 0 Å². The van der Waals surface area contributed by atoms with Gasteiger partial charge in [0.2, 0.25) is 0 Å². The average molecular weight is 273 g/mol. The van der Waals surface area contributed by atoms with E-state index in [1.165, 1.54) is 0 Å². The lowest BCUT2D eigenvalue weighted by Crippen LogP contribution is -2.31. The molecule has 0 N–H and O–H groups in total. The molecule has 2 nitrogen and oxygen atoms in total. The number of nitrogens with zero attached hydrogens (tertiary/aromatic N) is 1. The second-order valence-corrected chi connectivity index (χ2v) is 8.92. The first-order valence-electron chi connectivity index (χ1n) is 6.71. The first kappa shape index (κ1) is 18.0. The number of Topliss-reactive ketones (excluding diaryl/α,β-unsaturated/α-hetero) is 1. The molecule has 0 aromatic carbocycles. The summed E-state index contributed by atoms with van der Waals surface area (Å²) in [5.74, 6) is 1.47. The Balaban J connectivity index is 4.46. The summed E-state index contributed by atoms with van der Waals surface area (Å²) in [7, 11) is 4.15. The van der Waals surface area contributed by atoms with Crippen molar-refractivity contribution in [3.05, 3.63) is 0 Å². The van der Waals surface area contributed by atoms with Gasteiger partial charge in [-0.05, 0) is 25.3 Å². The molecule has 0 spiro atoms. The highest BCUT2D eigenvalue weighted by molar-refractivity contribution is 8.00. The minimum atomic E-state index is -0.215. The highest BCUT2D eigenvalue weighted by Crippen LogP contribution is 2.28. The van der Waals surface area contributed by atoms with Crippen LogP contribution in [0, 0.1) is 10.8 Å². The Morgan fingerprint density at radius 2 is 1.61 bits per heavy atom. The average Bonchev–Trinajstić information content (AvgIpc) is 2.10. The Hall–Kier alpha value is -0.0200. The van der Waals surface area contributed by atoms with Crippen molar-refractivity contribution < 1.29 is 4.79 Å². The lowest BCUT2D eigenvalue weighted by atomic mass is 9.88. The predicted octanol–water partition coefficient (Wildman–Crippen LogP) is 3.70. The number of hydrogen-bond acceptors (Lipinski definition) is 3. The smallest absolute Gasteiger partial charge is 0.139 e. The summed E-state index contributed by atoms with van der Waals surface area (Å²) in [5.41, 5.74) is 0.104. The van der Waals surface area contributed by atoms with Crippen LogP contribution in [0.15, 0.2) is 0 Å². The maximum Gasteiger partial charge on any atom is 0.139 e. The summed E-state index contributed by atoms with van der Waals surface area (Å²) in [6, 6.07) is 0. The van der Waals surface area contributed by atoms with Crippen LogP contribution in [-0.2, 0) is 4.79 Å². The third-order valence-corrected chi connectivity index (χ3v) is 4.39. The molecule has 0 saturated heterocycles. The fourth-order valence-corrected chi connectivity index (χ4v) is 2.87. The minimum Gasteiger partial charge on any atom is -0.308 e. The number of thioether (sulfide) groups is 1. The molecule has 0 aliphatic carbocycles. The standard InChI is InChI=1S/C15H31NOS/c1-14(2,3)11-18-12(10-16(7)8)9-13(17)15(4,5)6/h12H,9-11H2,1-8H3. The van der Waals surface area contributed by atoms with Crippen molar-refractivity contribution in [2.75, 3.05) is 26.4 Å². The molecule has 0 radical (unpaired) electrons. The predicted molar refractivity (Wildman–Crippen MR) is 83.3 cm³/mol. The van der Waals surface area contributed by atoms with Gasteiger partial charge in [-0.2, -0.15) is 11.8 Å². The van der Waals surface area contributed by atoms with Crippen LogP contribution >= 0.6 is 11.8 Å². The zero-order valence-corrected chi connectivity index (χ0v) is 14.3. The fraction of sp³-hybridized carbons (Fsp3) is 0.933. The molecule has 0 aromatic heterocycles. The Bertz CT molecular complexity index is 261. The molecule has 0 aliphatic heterocycles. The first-order valence-corrected chi connectivity index (χ1v) is 7.76. The van der Waals surface area contributed by atoms with Crippen LogP contribution < -0.4 is 0 Å². The van der Waals surface area contributed by atoms with Crippen LogP contribution in [0.4, 0.5) is 0 Å². The molecule has 0 bridgehead atoms. The molecule has 108 valence electrons. The van der Waals surface area contributed by atoms with E-state index in [9.17, 15) is 4.79 Å². The van der Waals surface area contributed by atoms with Gasteiger partial charge in [0, 0.05) is 23.6 Å². The fourth-order valence-electron chi connectivity index (χ4n) is 1.46. The summed E-state index contributed by atoms with van der Waals surface area (Å²) in [6.07, 6.45) is 0.683. The molecule has 18 heavy (non-hydrogen) atoms. The van der Waals surface area contributed by atoms with E-state index < -0.39 is 0 Å². The minimum absolute atomic E-state index is 0.215. The van der Waals surface area contributed by atoms with E-state index in [0.717, 1.165) is 12.3 Å². The molecule has 1 unspecified atom stereocenters. The van der Waals surface area contributed by atoms with E-state index in [0.29, 0.717) is 22.9 Å². The number of rotatable bonds is 6. The Kier molecular flexibility index (Phi) is 6.94. The summed E-state index contributed by atoms with van der Waals surface area (Å²) in [6.45, 7) is 13.8. The van der Waals surface area contributed by atoms with E-state index in [4.69, 9.17) is 0 Å². The van der Waals surface area contributed by atoms with E-state index in [-0.39, 0.29) is 5.41 Å². The second kappa shape index (κ2) is 6.95. The van der Waals surface area contributed by atoms with E-state index in [1.54, 1.807) is 0 Å². The van der Waals surface area contributed by atoms with Crippen LogP contribution in [0.25, 0.3) is 0 Å². The maximum absolute atomic E-state index is 12.1. The van der Waals surface area contributed by atoms with Crippen LogP contribution in [-0.4, -0.2) is 42.3 Å². The first-order chi connectivity index (χ1) is 7.92. The van der Waals surface area contributed by atoms with E-state index in [1.807, 2.05) is 32.5 Å². The lowest BCUT2D eigenvalue weighted by molar-refractivity contribution is -0.126. The summed E-state index contributed by atoms with van der Waals surface area (Å²) in [4.78, 5) is 14.3. The summed E-state index contributed by atoms with van der Waals surface area (Å²) < 4.78 is 0. The Morgan fingerprint density at radius 1 is 1.11 bits per heavy atom. The molecule has 0 fully saturated rings. The van der Waals surface area contributed by atoms with Crippen LogP contribution in [0.1, 0.15) is 48.0 Å². The van der Waals surface area contributed by atoms with Gasteiger partial charge in [-0.15, -0.1) is 0 Å². The quantitative estimate of drug-likeness (QED) is 0.736. The van der Waals surface area contributed by atoms with Crippen molar-refractivity contribution in [1.82, 2.24) is 4.90 Å². The molecule has 1 atom stereocenters. The molecular weight excluding hydrogens is 242 g/mol. The largest absolute Gasteiger partial charge is 0.308 e. The van der Waals surface area contributed by atoms with Crippen LogP contribution in [0.2, 0.25) is 0 Å². The SMILES string of the molecule is CN(C)CC(CC(=O)C(C)(C)C)SCC(C)(C)C. The molecular formula is C15H31NOS. The van der Waals surface area contributed by atoms with Crippen molar-refractivity contribution >= 4 is 17.5 Å². The number of carbonyl (C=O) groups is 1. The van der Waals surface area contributed by atoms with E-state index >= 15 is 0 Å². The third kappa shape index (κ3) is 8.98.